The van der Waals surface area contributed by atoms with Crippen LogP contribution in [0, 0.1) is 0 Å². The summed E-state index contributed by atoms with van der Waals surface area (Å²) >= 11 is 6.02. The van der Waals surface area contributed by atoms with Crippen molar-refractivity contribution in [3.63, 3.8) is 0 Å². The van der Waals surface area contributed by atoms with E-state index < -0.39 is 10.0 Å². The van der Waals surface area contributed by atoms with Gasteiger partial charge in [0, 0.05) is 36.8 Å². The number of fused-ring (bicyclic) bond motifs is 1. The second-order valence-corrected chi connectivity index (χ2v) is 10.3. The number of aryl methyl sites for hydroxylation is 2. The molecule has 1 aliphatic carbocycles. The van der Waals surface area contributed by atoms with E-state index in [1.807, 2.05) is 36.4 Å². The van der Waals surface area contributed by atoms with Crippen LogP contribution in [0.25, 0.3) is 0 Å². The molecule has 0 fully saturated rings. The summed E-state index contributed by atoms with van der Waals surface area (Å²) < 4.78 is 34.4. The maximum absolute atomic E-state index is 12.3. The van der Waals surface area contributed by atoms with Crippen LogP contribution in [0.3, 0.4) is 0 Å². The number of hydrogen-bond donors (Lipinski definition) is 2. The molecule has 0 spiro atoms. The summed E-state index contributed by atoms with van der Waals surface area (Å²) in [6.45, 7) is 0.369. The predicted molar refractivity (Wildman–Crippen MR) is 125 cm³/mol. The first-order chi connectivity index (χ1) is 15.3. The van der Waals surface area contributed by atoms with Gasteiger partial charge in [-0.3, -0.25) is 4.68 Å². The first-order valence-electron chi connectivity index (χ1n) is 10.6. The highest BCUT2D eigenvalue weighted by molar-refractivity contribution is 7.89. The lowest BCUT2D eigenvalue weighted by Gasteiger charge is -2.32. The Balaban J connectivity index is 1.41. The molecular weight excluding hydrogens is 448 g/mol. The lowest BCUT2D eigenvalue weighted by molar-refractivity contribution is 0.321. The lowest BCUT2D eigenvalue weighted by Crippen LogP contribution is -2.34. The Kier molecular flexibility index (Phi) is 6.85. The highest BCUT2D eigenvalue weighted by Gasteiger charge is 2.27. The van der Waals surface area contributed by atoms with Crippen molar-refractivity contribution < 1.29 is 13.2 Å². The van der Waals surface area contributed by atoms with E-state index in [1.165, 1.54) is 33.8 Å². The molecule has 2 atom stereocenters. The van der Waals surface area contributed by atoms with Gasteiger partial charge < -0.3 is 10.5 Å². The van der Waals surface area contributed by atoms with Crippen LogP contribution in [0.2, 0.25) is 5.02 Å². The predicted octanol–water partition coefficient (Wildman–Crippen LogP) is 3.03. The number of nitrogens with one attached hydrogen (secondary N) is 1. The average molecular weight is 475 g/mol. The van der Waals surface area contributed by atoms with Gasteiger partial charge in [-0.2, -0.15) is 5.10 Å². The third kappa shape index (κ3) is 5.32. The molecule has 4 rings (SSSR count). The molecule has 7 nitrogen and oxygen atoms in total. The van der Waals surface area contributed by atoms with E-state index in [2.05, 4.69) is 15.9 Å². The zero-order valence-corrected chi connectivity index (χ0v) is 19.4. The van der Waals surface area contributed by atoms with Crippen molar-refractivity contribution in [1.29, 1.82) is 0 Å². The number of halogens is 1. The molecule has 0 saturated carbocycles. The summed E-state index contributed by atoms with van der Waals surface area (Å²) in [5, 5.41) is 4.62. The van der Waals surface area contributed by atoms with Crippen LogP contribution in [0.15, 0.2) is 59.8 Å². The Hall–Kier alpha value is -2.39. The largest absolute Gasteiger partial charge is 0.492 e. The quantitative estimate of drug-likeness (QED) is 0.489. The van der Waals surface area contributed by atoms with Gasteiger partial charge in [-0.1, -0.05) is 29.8 Å². The standard InChI is InChI=1S/C23H27ClN4O3S/c1-28-15-20(14-26-28)32(29,30)27-10-11-31-19-8-4-17-5-9-23(25)22(21(17)13-19)12-16-2-6-18(24)7-3-16/h2-4,6-8,13-15,22-23,27H,5,9-12,25H2,1H3. The number of nitrogens with zero attached hydrogens (tertiary/aromatic N) is 2. The van der Waals surface area contributed by atoms with Crippen molar-refractivity contribution in [3.8, 4) is 5.75 Å². The lowest BCUT2D eigenvalue weighted by atomic mass is 9.76. The van der Waals surface area contributed by atoms with Crippen LogP contribution in [-0.2, 0) is 29.9 Å². The van der Waals surface area contributed by atoms with Crippen molar-refractivity contribution in [2.24, 2.45) is 12.8 Å². The SMILES string of the molecule is Cn1cc(S(=O)(=O)NCCOc2ccc3c(c2)C(Cc2ccc(Cl)cc2)C(N)CC3)cn1. The van der Waals surface area contributed by atoms with E-state index in [1.54, 1.807) is 7.05 Å². The van der Waals surface area contributed by atoms with Crippen LogP contribution in [0.1, 0.15) is 29.0 Å². The molecule has 0 saturated heterocycles. The van der Waals surface area contributed by atoms with E-state index in [-0.39, 0.29) is 30.0 Å². The fourth-order valence-electron chi connectivity index (χ4n) is 4.09. The summed E-state index contributed by atoms with van der Waals surface area (Å²) in [5.74, 6) is 0.895. The van der Waals surface area contributed by atoms with Gasteiger partial charge in [0.25, 0.3) is 0 Å². The molecule has 2 aromatic carbocycles. The van der Waals surface area contributed by atoms with Crippen molar-refractivity contribution in [2.75, 3.05) is 13.2 Å². The van der Waals surface area contributed by atoms with Gasteiger partial charge in [-0.05, 0) is 60.2 Å². The smallest absolute Gasteiger partial charge is 0.243 e. The van der Waals surface area contributed by atoms with Gasteiger partial charge in [0.2, 0.25) is 10.0 Å². The van der Waals surface area contributed by atoms with Gasteiger partial charge in [0.15, 0.2) is 0 Å². The fourth-order valence-corrected chi connectivity index (χ4v) is 5.21. The van der Waals surface area contributed by atoms with Crippen LogP contribution < -0.4 is 15.2 Å². The topological polar surface area (TPSA) is 99.2 Å². The molecular formula is C23H27ClN4O3S. The van der Waals surface area contributed by atoms with Crippen LogP contribution in [-0.4, -0.2) is 37.4 Å². The minimum Gasteiger partial charge on any atom is -0.492 e. The normalized spacial score (nSPS) is 18.3. The average Bonchev–Trinajstić information content (AvgIpc) is 3.22. The van der Waals surface area contributed by atoms with Gasteiger partial charge in [-0.25, -0.2) is 13.1 Å². The van der Waals surface area contributed by atoms with E-state index in [0.29, 0.717) is 5.75 Å². The molecule has 170 valence electrons. The number of hydrogen-bond acceptors (Lipinski definition) is 5. The second-order valence-electron chi connectivity index (χ2n) is 8.10. The second kappa shape index (κ2) is 9.62. The molecule has 0 amide bonds. The van der Waals surface area contributed by atoms with Crippen molar-refractivity contribution in [3.05, 3.63) is 76.6 Å². The van der Waals surface area contributed by atoms with E-state index in [0.717, 1.165) is 24.3 Å². The first kappa shape index (κ1) is 22.8. The van der Waals surface area contributed by atoms with Crippen LogP contribution in [0.4, 0.5) is 0 Å². The van der Waals surface area contributed by atoms with Crippen LogP contribution >= 0.6 is 11.6 Å². The molecule has 1 aliphatic rings. The summed E-state index contributed by atoms with van der Waals surface area (Å²) in [5.41, 5.74) is 10.2. The molecule has 0 aliphatic heterocycles. The van der Waals surface area contributed by atoms with Gasteiger partial charge in [0.1, 0.15) is 17.3 Å². The molecule has 3 aromatic rings. The zero-order chi connectivity index (χ0) is 22.7. The highest BCUT2D eigenvalue weighted by Crippen LogP contribution is 2.36. The number of nitrogens with two attached hydrogens (primary N) is 1. The number of sulfonamides is 1. The number of benzene rings is 2. The van der Waals surface area contributed by atoms with Crippen molar-refractivity contribution in [1.82, 2.24) is 14.5 Å². The highest BCUT2D eigenvalue weighted by atomic mass is 35.5. The molecule has 2 unspecified atom stereocenters. The third-order valence-electron chi connectivity index (χ3n) is 5.80. The Labute approximate surface area is 193 Å². The Morgan fingerprint density at radius 3 is 2.75 bits per heavy atom. The van der Waals surface area contributed by atoms with Gasteiger partial charge in [0.05, 0.1) is 6.20 Å². The molecule has 3 N–H and O–H groups in total. The number of ether oxygens (including phenoxy) is 1. The molecule has 9 heteroatoms. The van der Waals surface area contributed by atoms with Crippen molar-refractivity contribution >= 4 is 21.6 Å². The maximum Gasteiger partial charge on any atom is 0.243 e. The van der Waals surface area contributed by atoms with E-state index in [4.69, 9.17) is 22.1 Å². The molecule has 1 heterocycles. The van der Waals surface area contributed by atoms with Crippen LogP contribution in [0.5, 0.6) is 5.75 Å². The molecule has 1 aromatic heterocycles. The Morgan fingerprint density at radius 1 is 1.25 bits per heavy atom. The summed E-state index contributed by atoms with van der Waals surface area (Å²) in [7, 11) is -1.93. The maximum atomic E-state index is 12.3. The minimum atomic E-state index is -3.60. The fraction of sp³-hybridized carbons (Fsp3) is 0.348. The summed E-state index contributed by atoms with van der Waals surface area (Å²) in [6, 6.07) is 14.0. The van der Waals surface area contributed by atoms with E-state index >= 15 is 0 Å². The Bertz CT molecular complexity index is 1180. The third-order valence-corrected chi connectivity index (χ3v) is 7.47. The van der Waals surface area contributed by atoms with Gasteiger partial charge in [-0.15, -0.1) is 0 Å². The number of rotatable bonds is 8. The molecule has 32 heavy (non-hydrogen) atoms. The van der Waals surface area contributed by atoms with Gasteiger partial charge >= 0.3 is 0 Å². The van der Waals surface area contributed by atoms with Crippen molar-refractivity contribution in [2.45, 2.75) is 36.1 Å². The first-order valence-corrected chi connectivity index (χ1v) is 12.4. The molecule has 0 radical (unpaired) electrons. The summed E-state index contributed by atoms with van der Waals surface area (Å²) in [6.07, 6.45) is 5.49. The van der Waals surface area contributed by atoms with E-state index in [9.17, 15) is 8.42 Å². The zero-order valence-electron chi connectivity index (χ0n) is 17.9. The Morgan fingerprint density at radius 2 is 2.03 bits per heavy atom. The number of aromatic nitrogens is 2. The monoisotopic (exact) mass is 474 g/mol. The minimum absolute atomic E-state index is 0.0692. The molecule has 0 bridgehead atoms. The summed E-state index contributed by atoms with van der Waals surface area (Å²) in [4.78, 5) is 0.132.